The molecule has 0 bridgehead atoms. The maximum Gasteiger partial charge on any atom is 0.0502 e. The van der Waals surface area contributed by atoms with Gasteiger partial charge in [-0.1, -0.05) is 11.6 Å². The molecule has 0 aliphatic carbocycles. The van der Waals surface area contributed by atoms with E-state index in [2.05, 4.69) is 35.0 Å². The number of hydrogen-bond donors (Lipinski definition) is 1. The fourth-order valence-electron chi connectivity index (χ4n) is 3.61. The third kappa shape index (κ3) is 1.31. The van der Waals surface area contributed by atoms with Crippen LogP contribution in [0.5, 0.6) is 0 Å². The predicted octanol–water partition coefficient (Wildman–Crippen LogP) is 3.17. The molecule has 1 fully saturated rings. The third-order valence-electron chi connectivity index (χ3n) is 4.44. The fourth-order valence-corrected chi connectivity index (χ4v) is 3.61. The van der Waals surface area contributed by atoms with Gasteiger partial charge in [-0.2, -0.15) is 0 Å². The molecule has 88 valence electrons. The zero-order valence-corrected chi connectivity index (χ0v) is 10.3. The van der Waals surface area contributed by atoms with Crippen LogP contribution in [0.4, 0.5) is 0 Å². The number of benzene rings is 1. The summed E-state index contributed by atoms with van der Waals surface area (Å²) in [6.45, 7) is 4.72. The van der Waals surface area contributed by atoms with Gasteiger partial charge in [0.15, 0.2) is 0 Å². The molecule has 3 heterocycles. The number of aromatic amines is 1. The summed E-state index contributed by atoms with van der Waals surface area (Å²) in [4.78, 5) is 6.32. The molecule has 4 rings (SSSR count). The summed E-state index contributed by atoms with van der Waals surface area (Å²) in [5, 5.41) is 1.46. The van der Waals surface area contributed by atoms with Crippen molar-refractivity contribution in [3.05, 3.63) is 35.0 Å². The normalized spacial score (nSPS) is 23.9. The van der Waals surface area contributed by atoms with E-state index in [0.29, 0.717) is 6.04 Å². The highest BCUT2D eigenvalue weighted by Gasteiger charge is 2.33. The number of aryl methyl sites for hydroxylation is 1. The number of nitrogens with one attached hydrogen (secondary N) is 1. The highest BCUT2D eigenvalue weighted by Crippen LogP contribution is 2.40. The summed E-state index contributed by atoms with van der Waals surface area (Å²) in [7, 11) is 0. The fraction of sp³-hybridized carbons (Fsp3) is 0.467. The van der Waals surface area contributed by atoms with Crippen molar-refractivity contribution in [1.29, 1.82) is 0 Å². The Kier molecular flexibility index (Phi) is 1.92. The van der Waals surface area contributed by atoms with Crippen molar-refractivity contribution >= 4 is 10.9 Å². The zero-order valence-electron chi connectivity index (χ0n) is 10.3. The summed E-state index contributed by atoms with van der Waals surface area (Å²) in [6, 6.07) is 7.46. The average Bonchev–Trinajstić information content (AvgIpc) is 2.91. The number of nitrogens with zero attached hydrogens (tertiary/aromatic N) is 1. The Bertz CT molecular complexity index is 582. The van der Waals surface area contributed by atoms with E-state index >= 15 is 0 Å². The van der Waals surface area contributed by atoms with Crippen LogP contribution in [0.1, 0.15) is 35.7 Å². The lowest BCUT2D eigenvalue weighted by atomic mass is 9.97. The standard InChI is InChI=1S/C15H18N2/c1-10-4-5-13-12(9-10)11-6-8-17-7-2-3-14(17)15(11)16-13/h4-5,9,14,16H,2-3,6-8H2,1H3. The molecule has 1 saturated heterocycles. The van der Waals surface area contributed by atoms with E-state index in [1.807, 2.05) is 0 Å². The van der Waals surface area contributed by atoms with Crippen LogP contribution in [0.2, 0.25) is 0 Å². The van der Waals surface area contributed by atoms with Gasteiger partial charge in [0.1, 0.15) is 0 Å². The summed E-state index contributed by atoms with van der Waals surface area (Å²) < 4.78 is 0. The summed E-state index contributed by atoms with van der Waals surface area (Å²) >= 11 is 0. The van der Waals surface area contributed by atoms with Gasteiger partial charge in [-0.3, -0.25) is 4.90 Å². The van der Waals surface area contributed by atoms with Crippen molar-refractivity contribution < 1.29 is 0 Å². The van der Waals surface area contributed by atoms with Crippen molar-refractivity contribution in [3.63, 3.8) is 0 Å². The van der Waals surface area contributed by atoms with Crippen LogP contribution in [-0.2, 0) is 6.42 Å². The topological polar surface area (TPSA) is 19.0 Å². The van der Waals surface area contributed by atoms with E-state index in [-0.39, 0.29) is 0 Å². The molecule has 1 aromatic heterocycles. The number of hydrogen-bond acceptors (Lipinski definition) is 1. The lowest BCUT2D eigenvalue weighted by Crippen LogP contribution is -2.30. The average molecular weight is 226 g/mol. The molecule has 1 atom stereocenters. The van der Waals surface area contributed by atoms with Gasteiger partial charge in [0.25, 0.3) is 0 Å². The first-order valence-electron chi connectivity index (χ1n) is 6.68. The van der Waals surface area contributed by atoms with Gasteiger partial charge in [-0.15, -0.1) is 0 Å². The quantitative estimate of drug-likeness (QED) is 0.731. The number of fused-ring (bicyclic) bond motifs is 5. The Hall–Kier alpha value is -1.28. The Morgan fingerprint density at radius 2 is 2.24 bits per heavy atom. The summed E-state index contributed by atoms with van der Waals surface area (Å²) in [5.41, 5.74) is 5.80. The second kappa shape index (κ2) is 3.36. The molecule has 2 heteroatoms. The van der Waals surface area contributed by atoms with Gasteiger partial charge in [0.05, 0.1) is 6.04 Å². The van der Waals surface area contributed by atoms with Crippen LogP contribution in [0.15, 0.2) is 18.2 Å². The van der Waals surface area contributed by atoms with Crippen molar-refractivity contribution in [1.82, 2.24) is 9.88 Å². The molecule has 2 nitrogen and oxygen atoms in total. The SMILES string of the molecule is Cc1ccc2[nH]c3c(c2c1)CCN1CCCC31. The first kappa shape index (κ1) is 9.72. The summed E-state index contributed by atoms with van der Waals surface area (Å²) in [5.74, 6) is 0. The minimum atomic E-state index is 0.673. The molecular formula is C15H18N2. The molecule has 0 spiro atoms. The molecule has 1 N–H and O–H groups in total. The minimum absolute atomic E-state index is 0.673. The van der Waals surface area contributed by atoms with Crippen molar-refractivity contribution in [3.8, 4) is 0 Å². The molecular weight excluding hydrogens is 208 g/mol. The Labute approximate surface area is 102 Å². The van der Waals surface area contributed by atoms with Gasteiger partial charge in [0, 0.05) is 23.1 Å². The molecule has 2 aliphatic heterocycles. The molecule has 2 aromatic rings. The van der Waals surface area contributed by atoms with Crippen LogP contribution < -0.4 is 0 Å². The summed E-state index contributed by atoms with van der Waals surface area (Å²) in [6.07, 6.45) is 3.91. The van der Waals surface area contributed by atoms with Crippen LogP contribution in [0, 0.1) is 6.92 Å². The Morgan fingerprint density at radius 3 is 3.18 bits per heavy atom. The van der Waals surface area contributed by atoms with Crippen LogP contribution in [-0.4, -0.2) is 23.0 Å². The van der Waals surface area contributed by atoms with Crippen LogP contribution in [0.3, 0.4) is 0 Å². The van der Waals surface area contributed by atoms with E-state index in [9.17, 15) is 0 Å². The smallest absolute Gasteiger partial charge is 0.0502 e. The second-order valence-electron chi connectivity index (χ2n) is 5.51. The van der Waals surface area contributed by atoms with E-state index in [4.69, 9.17) is 0 Å². The first-order chi connectivity index (χ1) is 8.33. The maximum absolute atomic E-state index is 3.67. The second-order valence-corrected chi connectivity index (χ2v) is 5.51. The van der Waals surface area contributed by atoms with E-state index in [1.54, 1.807) is 5.56 Å². The van der Waals surface area contributed by atoms with Gasteiger partial charge in [-0.25, -0.2) is 0 Å². The number of aromatic nitrogens is 1. The maximum atomic E-state index is 3.67. The highest BCUT2D eigenvalue weighted by atomic mass is 15.2. The molecule has 0 saturated carbocycles. The van der Waals surface area contributed by atoms with Crippen molar-refractivity contribution in [2.45, 2.75) is 32.2 Å². The van der Waals surface area contributed by atoms with Crippen LogP contribution >= 0.6 is 0 Å². The first-order valence-corrected chi connectivity index (χ1v) is 6.68. The van der Waals surface area contributed by atoms with Gasteiger partial charge >= 0.3 is 0 Å². The molecule has 0 amide bonds. The lowest BCUT2D eigenvalue weighted by Gasteiger charge is -2.29. The number of rotatable bonds is 0. The molecule has 1 unspecified atom stereocenters. The third-order valence-corrected chi connectivity index (χ3v) is 4.44. The van der Waals surface area contributed by atoms with Gasteiger partial charge < -0.3 is 4.98 Å². The monoisotopic (exact) mass is 226 g/mol. The Balaban J connectivity index is 1.96. The van der Waals surface area contributed by atoms with Gasteiger partial charge in [-0.05, 0) is 50.4 Å². The molecule has 0 radical (unpaired) electrons. The lowest BCUT2D eigenvalue weighted by molar-refractivity contribution is 0.241. The van der Waals surface area contributed by atoms with E-state index in [0.717, 1.165) is 0 Å². The molecule has 2 aliphatic rings. The molecule has 1 aromatic carbocycles. The molecule has 17 heavy (non-hydrogen) atoms. The zero-order chi connectivity index (χ0) is 11.4. The van der Waals surface area contributed by atoms with E-state index in [1.165, 1.54) is 54.5 Å². The van der Waals surface area contributed by atoms with Crippen LogP contribution in [0.25, 0.3) is 10.9 Å². The largest absolute Gasteiger partial charge is 0.357 e. The highest BCUT2D eigenvalue weighted by molar-refractivity contribution is 5.85. The van der Waals surface area contributed by atoms with Crippen molar-refractivity contribution in [2.24, 2.45) is 0 Å². The Morgan fingerprint density at radius 1 is 1.29 bits per heavy atom. The van der Waals surface area contributed by atoms with Gasteiger partial charge in [0.2, 0.25) is 0 Å². The van der Waals surface area contributed by atoms with Crippen molar-refractivity contribution in [2.75, 3.05) is 13.1 Å². The van der Waals surface area contributed by atoms with E-state index < -0.39 is 0 Å². The number of H-pyrrole nitrogens is 1. The minimum Gasteiger partial charge on any atom is -0.357 e. The predicted molar refractivity (Wildman–Crippen MR) is 70.3 cm³/mol.